The second kappa shape index (κ2) is 9.38. The molecule has 0 aromatic heterocycles. The maximum absolute atomic E-state index is 8.91. The lowest BCUT2D eigenvalue weighted by molar-refractivity contribution is 0.225. The Bertz CT molecular complexity index is 463. The number of nitrogens with two attached hydrogens (primary N) is 1. The van der Waals surface area contributed by atoms with Gasteiger partial charge in [-0.3, -0.25) is 4.90 Å². The number of rotatable bonds is 7. The summed E-state index contributed by atoms with van der Waals surface area (Å²) in [5.74, 6) is 6.67. The van der Waals surface area contributed by atoms with Gasteiger partial charge in [0.15, 0.2) is 0 Å². The van der Waals surface area contributed by atoms with Gasteiger partial charge in [-0.15, -0.1) is 0 Å². The fourth-order valence-electron chi connectivity index (χ4n) is 2.00. The van der Waals surface area contributed by atoms with E-state index in [1.165, 1.54) is 5.56 Å². The highest BCUT2D eigenvalue weighted by molar-refractivity contribution is 5.48. The maximum atomic E-state index is 8.91. The lowest BCUT2D eigenvalue weighted by atomic mass is 10.1. The minimum absolute atomic E-state index is 0.229. The average molecular weight is 276 g/mol. The van der Waals surface area contributed by atoms with E-state index in [-0.39, 0.29) is 6.61 Å². The molecule has 0 aliphatic rings. The fourth-order valence-corrected chi connectivity index (χ4v) is 2.00. The van der Waals surface area contributed by atoms with Crippen molar-refractivity contribution in [1.29, 1.82) is 0 Å². The number of benzene rings is 1. The van der Waals surface area contributed by atoms with Crippen LogP contribution in [0.15, 0.2) is 18.2 Å². The van der Waals surface area contributed by atoms with Gasteiger partial charge in [0.2, 0.25) is 0 Å². The molecule has 0 amide bonds. The Morgan fingerprint density at radius 3 is 2.80 bits per heavy atom. The molecule has 4 nitrogen and oxygen atoms in total. The quantitative estimate of drug-likeness (QED) is 0.735. The second-order valence-electron chi connectivity index (χ2n) is 4.49. The highest BCUT2D eigenvalue weighted by Crippen LogP contribution is 2.19. The van der Waals surface area contributed by atoms with Gasteiger partial charge in [-0.25, -0.2) is 0 Å². The summed E-state index contributed by atoms with van der Waals surface area (Å²) in [4.78, 5) is 2.29. The molecule has 110 valence electrons. The first-order valence-electron chi connectivity index (χ1n) is 6.94. The number of aliphatic hydroxyl groups excluding tert-OH is 1. The number of nitrogens with zero attached hydrogens (tertiary/aromatic N) is 1. The molecule has 0 aliphatic carbocycles. The van der Waals surface area contributed by atoms with Crippen molar-refractivity contribution >= 4 is 0 Å². The molecule has 0 aliphatic heterocycles. The third-order valence-electron chi connectivity index (χ3n) is 3.07. The van der Waals surface area contributed by atoms with Crippen LogP contribution in [0.3, 0.4) is 0 Å². The van der Waals surface area contributed by atoms with Crippen LogP contribution >= 0.6 is 0 Å². The van der Waals surface area contributed by atoms with E-state index in [1.54, 1.807) is 7.11 Å². The van der Waals surface area contributed by atoms with Crippen LogP contribution in [0.2, 0.25) is 0 Å². The number of methoxy groups -OCH3 is 1. The zero-order valence-corrected chi connectivity index (χ0v) is 12.4. The first kappa shape index (κ1) is 16.5. The molecule has 0 atom stereocenters. The van der Waals surface area contributed by atoms with E-state index in [0.717, 1.165) is 37.4 Å². The molecule has 0 radical (unpaired) electrons. The monoisotopic (exact) mass is 276 g/mol. The number of hydrogen-bond donors (Lipinski definition) is 2. The largest absolute Gasteiger partial charge is 0.495 e. The molecule has 0 bridgehead atoms. The van der Waals surface area contributed by atoms with E-state index in [1.807, 2.05) is 18.2 Å². The standard InChI is InChI=1S/C16H24N2O2/c1-3-18(10-5-11-19)13-14-7-8-16(20-2)15(12-14)6-4-9-17/h7-8,12,19H,3,5,9-11,13,17H2,1-2H3. The molecule has 1 rings (SSSR count). The molecule has 0 spiro atoms. The van der Waals surface area contributed by atoms with Crippen molar-refractivity contribution in [2.75, 3.05) is 33.4 Å². The summed E-state index contributed by atoms with van der Waals surface area (Å²) in [5.41, 5.74) is 7.47. The average Bonchev–Trinajstić information content (AvgIpc) is 2.49. The Balaban J connectivity index is 2.84. The van der Waals surface area contributed by atoms with Gasteiger partial charge in [-0.2, -0.15) is 0 Å². The predicted octanol–water partition coefficient (Wildman–Crippen LogP) is 1.21. The fraction of sp³-hybridized carbons (Fsp3) is 0.500. The zero-order valence-electron chi connectivity index (χ0n) is 12.4. The van der Waals surface area contributed by atoms with Gasteiger partial charge in [-0.1, -0.05) is 24.8 Å². The van der Waals surface area contributed by atoms with Crippen molar-refractivity contribution in [2.45, 2.75) is 19.9 Å². The van der Waals surface area contributed by atoms with E-state index in [2.05, 4.69) is 23.7 Å². The van der Waals surface area contributed by atoms with Crippen LogP contribution in [-0.4, -0.2) is 43.4 Å². The van der Waals surface area contributed by atoms with Gasteiger partial charge in [0.05, 0.1) is 19.2 Å². The Kier molecular flexibility index (Phi) is 7.74. The first-order chi connectivity index (χ1) is 9.74. The second-order valence-corrected chi connectivity index (χ2v) is 4.49. The van der Waals surface area contributed by atoms with Crippen LogP contribution in [0.25, 0.3) is 0 Å². The van der Waals surface area contributed by atoms with Crippen LogP contribution in [0.1, 0.15) is 24.5 Å². The van der Waals surface area contributed by atoms with Gasteiger partial charge < -0.3 is 15.6 Å². The molecule has 1 aromatic carbocycles. The predicted molar refractivity (Wildman–Crippen MR) is 81.6 cm³/mol. The minimum Gasteiger partial charge on any atom is -0.495 e. The summed E-state index contributed by atoms with van der Waals surface area (Å²) < 4.78 is 5.30. The van der Waals surface area contributed by atoms with Crippen LogP contribution in [-0.2, 0) is 6.54 Å². The van der Waals surface area contributed by atoms with E-state index in [0.29, 0.717) is 6.54 Å². The van der Waals surface area contributed by atoms with Gasteiger partial charge >= 0.3 is 0 Å². The van der Waals surface area contributed by atoms with Gasteiger partial charge in [0.25, 0.3) is 0 Å². The Hall–Kier alpha value is -1.54. The molecule has 0 heterocycles. The summed E-state index contributed by atoms with van der Waals surface area (Å²) >= 11 is 0. The number of aliphatic hydroxyl groups is 1. The minimum atomic E-state index is 0.229. The molecular weight excluding hydrogens is 252 g/mol. The van der Waals surface area contributed by atoms with Crippen LogP contribution in [0.5, 0.6) is 5.75 Å². The molecule has 1 aromatic rings. The lowest BCUT2D eigenvalue weighted by Gasteiger charge is -2.20. The molecule has 0 fully saturated rings. The van der Waals surface area contributed by atoms with Crippen LogP contribution in [0.4, 0.5) is 0 Å². The van der Waals surface area contributed by atoms with Crippen LogP contribution < -0.4 is 10.5 Å². The summed E-state index contributed by atoms with van der Waals surface area (Å²) in [6.45, 7) is 5.38. The van der Waals surface area contributed by atoms with E-state index in [9.17, 15) is 0 Å². The zero-order chi connectivity index (χ0) is 14.8. The summed E-state index contributed by atoms with van der Waals surface area (Å²) in [7, 11) is 1.64. The summed E-state index contributed by atoms with van der Waals surface area (Å²) in [6.07, 6.45) is 0.795. The van der Waals surface area contributed by atoms with Crippen molar-refractivity contribution in [1.82, 2.24) is 4.90 Å². The smallest absolute Gasteiger partial charge is 0.134 e. The van der Waals surface area contributed by atoms with Crippen molar-refractivity contribution < 1.29 is 9.84 Å². The molecule has 4 heteroatoms. The maximum Gasteiger partial charge on any atom is 0.134 e. The van der Waals surface area contributed by atoms with Crippen molar-refractivity contribution in [3.05, 3.63) is 29.3 Å². The van der Waals surface area contributed by atoms with Crippen molar-refractivity contribution in [3.8, 4) is 17.6 Å². The number of ether oxygens (including phenoxy) is 1. The summed E-state index contributed by atoms with van der Waals surface area (Å²) in [5, 5.41) is 8.91. The third-order valence-corrected chi connectivity index (χ3v) is 3.07. The molecular formula is C16H24N2O2. The van der Waals surface area contributed by atoms with Crippen LogP contribution in [0, 0.1) is 11.8 Å². The SMILES string of the molecule is CCN(CCCO)Cc1ccc(OC)c(C#CCN)c1. The van der Waals surface area contributed by atoms with Gasteiger partial charge in [0, 0.05) is 19.7 Å². The van der Waals surface area contributed by atoms with Crippen molar-refractivity contribution in [3.63, 3.8) is 0 Å². The molecule has 0 unspecified atom stereocenters. The van der Waals surface area contributed by atoms with Crippen molar-refractivity contribution in [2.24, 2.45) is 5.73 Å². The topological polar surface area (TPSA) is 58.7 Å². The highest BCUT2D eigenvalue weighted by Gasteiger charge is 2.06. The normalized spacial score (nSPS) is 10.2. The summed E-state index contributed by atoms with van der Waals surface area (Å²) in [6, 6.07) is 6.03. The Morgan fingerprint density at radius 1 is 1.40 bits per heavy atom. The molecule has 0 saturated heterocycles. The van der Waals surface area contributed by atoms with E-state index >= 15 is 0 Å². The first-order valence-corrected chi connectivity index (χ1v) is 6.94. The lowest BCUT2D eigenvalue weighted by Crippen LogP contribution is -2.24. The number of hydrogen-bond acceptors (Lipinski definition) is 4. The molecule has 0 saturated carbocycles. The van der Waals surface area contributed by atoms with Gasteiger partial charge in [-0.05, 0) is 30.7 Å². The molecule has 20 heavy (non-hydrogen) atoms. The Labute approximate surface area is 121 Å². The molecule has 3 N–H and O–H groups in total. The highest BCUT2D eigenvalue weighted by atomic mass is 16.5. The third kappa shape index (κ3) is 5.22. The Morgan fingerprint density at radius 2 is 2.20 bits per heavy atom. The van der Waals surface area contributed by atoms with E-state index < -0.39 is 0 Å². The van der Waals surface area contributed by atoms with E-state index in [4.69, 9.17) is 15.6 Å². The van der Waals surface area contributed by atoms with Gasteiger partial charge in [0.1, 0.15) is 5.75 Å².